The van der Waals surface area contributed by atoms with Gasteiger partial charge in [0.2, 0.25) is 0 Å². The van der Waals surface area contributed by atoms with Gasteiger partial charge in [-0.25, -0.2) is 5.43 Å². The molecule has 1 aromatic carbocycles. The summed E-state index contributed by atoms with van der Waals surface area (Å²) in [5.74, 6) is -0.101. The summed E-state index contributed by atoms with van der Waals surface area (Å²) < 4.78 is 7.51. The number of morpholine rings is 1. The Morgan fingerprint density at radius 3 is 2.44 bits per heavy atom. The second-order valence-corrected chi connectivity index (χ2v) is 7.19. The number of hydrazone groups is 1. The highest BCUT2D eigenvalue weighted by Gasteiger charge is 2.14. The Bertz CT molecular complexity index is 828. The number of aromatic nitrogens is 1. The van der Waals surface area contributed by atoms with Gasteiger partial charge in [0.25, 0.3) is 5.91 Å². The predicted octanol–water partition coefficient (Wildman–Crippen LogP) is 2.49. The van der Waals surface area contributed by atoms with Gasteiger partial charge in [-0.05, 0) is 57.0 Å². The first-order valence-corrected chi connectivity index (χ1v) is 9.33. The number of carbonyl (C=O) groups is 1. The van der Waals surface area contributed by atoms with Crippen molar-refractivity contribution in [2.75, 3.05) is 32.8 Å². The SMILES string of the molecule is Cc1cc(C)cc(-n2c(C)cc(/C=N\NC(=O)CN3CCOCC3)c2C)c1. The van der Waals surface area contributed by atoms with Crippen LogP contribution in [0.15, 0.2) is 29.4 Å². The van der Waals surface area contributed by atoms with E-state index in [9.17, 15) is 4.79 Å². The Balaban J connectivity index is 1.68. The van der Waals surface area contributed by atoms with Gasteiger partial charge >= 0.3 is 0 Å². The van der Waals surface area contributed by atoms with Gasteiger partial charge in [-0.1, -0.05) is 6.07 Å². The van der Waals surface area contributed by atoms with E-state index in [4.69, 9.17) is 4.74 Å². The Labute approximate surface area is 160 Å². The lowest BCUT2D eigenvalue weighted by molar-refractivity contribution is -0.123. The molecule has 1 aromatic heterocycles. The number of hydrogen-bond donors (Lipinski definition) is 1. The van der Waals surface area contributed by atoms with Crippen molar-refractivity contribution in [3.05, 3.63) is 52.3 Å². The maximum Gasteiger partial charge on any atom is 0.254 e. The van der Waals surface area contributed by atoms with E-state index < -0.39 is 0 Å². The number of ether oxygens (including phenoxy) is 1. The summed E-state index contributed by atoms with van der Waals surface area (Å²) in [4.78, 5) is 14.1. The first kappa shape index (κ1) is 19.3. The van der Waals surface area contributed by atoms with Crippen molar-refractivity contribution in [1.29, 1.82) is 0 Å². The maximum atomic E-state index is 12.0. The van der Waals surface area contributed by atoms with Gasteiger partial charge in [0.1, 0.15) is 0 Å². The van der Waals surface area contributed by atoms with Crippen LogP contribution in [0, 0.1) is 27.7 Å². The molecule has 0 atom stereocenters. The minimum atomic E-state index is -0.101. The average molecular weight is 368 g/mol. The molecule has 0 unspecified atom stereocenters. The molecule has 1 N–H and O–H groups in total. The van der Waals surface area contributed by atoms with Crippen LogP contribution in [0.25, 0.3) is 5.69 Å². The molecule has 1 fully saturated rings. The van der Waals surface area contributed by atoms with E-state index in [2.05, 4.69) is 72.0 Å². The summed E-state index contributed by atoms with van der Waals surface area (Å²) in [5, 5.41) is 4.16. The van der Waals surface area contributed by atoms with Gasteiger partial charge in [0.15, 0.2) is 0 Å². The van der Waals surface area contributed by atoms with Gasteiger partial charge in [0.05, 0.1) is 26.0 Å². The monoisotopic (exact) mass is 368 g/mol. The number of amides is 1. The molecular formula is C21H28N4O2. The number of nitrogens with one attached hydrogen (secondary N) is 1. The number of carbonyl (C=O) groups excluding carboxylic acids is 1. The molecule has 0 saturated carbocycles. The smallest absolute Gasteiger partial charge is 0.254 e. The fourth-order valence-electron chi connectivity index (χ4n) is 3.57. The largest absolute Gasteiger partial charge is 0.379 e. The molecule has 2 aromatic rings. The molecule has 144 valence electrons. The predicted molar refractivity (Wildman–Crippen MR) is 108 cm³/mol. The average Bonchev–Trinajstić information content (AvgIpc) is 2.88. The standard InChI is InChI=1S/C21H28N4O2/c1-15-9-16(2)11-20(10-15)25-17(3)12-19(18(25)4)13-22-23-21(26)14-24-5-7-27-8-6-24/h9-13H,5-8,14H2,1-4H3,(H,23,26)/b22-13-. The van der Waals surface area contributed by atoms with E-state index in [-0.39, 0.29) is 5.91 Å². The molecule has 6 heteroatoms. The van der Waals surface area contributed by atoms with Crippen molar-refractivity contribution >= 4 is 12.1 Å². The molecule has 1 aliphatic rings. The van der Waals surface area contributed by atoms with Gasteiger partial charge in [-0.15, -0.1) is 0 Å². The third-order valence-corrected chi connectivity index (χ3v) is 4.80. The maximum absolute atomic E-state index is 12.0. The van der Waals surface area contributed by atoms with E-state index in [1.54, 1.807) is 6.21 Å². The lowest BCUT2D eigenvalue weighted by atomic mass is 10.1. The summed E-state index contributed by atoms with van der Waals surface area (Å²) in [5.41, 5.74) is 9.50. The molecule has 27 heavy (non-hydrogen) atoms. The summed E-state index contributed by atoms with van der Waals surface area (Å²) in [6.45, 7) is 11.7. The fraction of sp³-hybridized carbons (Fsp3) is 0.429. The first-order valence-electron chi connectivity index (χ1n) is 9.33. The number of rotatable bonds is 5. The Morgan fingerprint density at radius 2 is 1.78 bits per heavy atom. The van der Waals surface area contributed by atoms with Gasteiger partial charge < -0.3 is 9.30 Å². The molecule has 0 spiro atoms. The topological polar surface area (TPSA) is 58.9 Å². The van der Waals surface area contributed by atoms with Crippen molar-refractivity contribution in [3.63, 3.8) is 0 Å². The third kappa shape index (κ3) is 4.84. The second-order valence-electron chi connectivity index (χ2n) is 7.19. The Hall–Kier alpha value is -2.44. The molecule has 3 rings (SSSR count). The van der Waals surface area contributed by atoms with Crippen LogP contribution < -0.4 is 5.43 Å². The minimum absolute atomic E-state index is 0.101. The van der Waals surface area contributed by atoms with Crippen LogP contribution >= 0.6 is 0 Å². The highest BCUT2D eigenvalue weighted by molar-refractivity contribution is 5.84. The Morgan fingerprint density at radius 1 is 1.11 bits per heavy atom. The van der Waals surface area contributed by atoms with Gasteiger partial charge in [-0.3, -0.25) is 9.69 Å². The number of benzene rings is 1. The van der Waals surface area contributed by atoms with E-state index in [1.807, 2.05) is 0 Å². The lowest BCUT2D eigenvalue weighted by Crippen LogP contribution is -2.42. The van der Waals surface area contributed by atoms with Crippen LogP contribution in [0.1, 0.15) is 28.1 Å². The van der Waals surface area contributed by atoms with E-state index in [0.717, 1.165) is 35.7 Å². The van der Waals surface area contributed by atoms with E-state index in [1.165, 1.54) is 11.1 Å². The summed E-state index contributed by atoms with van der Waals surface area (Å²) in [7, 11) is 0. The minimum Gasteiger partial charge on any atom is -0.379 e. The first-order chi connectivity index (χ1) is 12.9. The van der Waals surface area contributed by atoms with Gasteiger partial charge in [0, 0.05) is 35.7 Å². The van der Waals surface area contributed by atoms with Gasteiger partial charge in [-0.2, -0.15) is 5.10 Å². The Kier molecular flexibility index (Phi) is 6.08. The molecule has 1 aliphatic heterocycles. The summed E-state index contributed by atoms with van der Waals surface area (Å²) in [6, 6.07) is 8.62. The van der Waals surface area contributed by atoms with E-state index >= 15 is 0 Å². The fourth-order valence-corrected chi connectivity index (χ4v) is 3.57. The van der Waals surface area contributed by atoms with Crippen LogP contribution in [0.5, 0.6) is 0 Å². The second kappa shape index (κ2) is 8.50. The van der Waals surface area contributed by atoms with Crippen molar-refractivity contribution in [2.45, 2.75) is 27.7 Å². The number of hydrogen-bond acceptors (Lipinski definition) is 4. The van der Waals surface area contributed by atoms with Crippen molar-refractivity contribution in [3.8, 4) is 5.69 Å². The van der Waals surface area contributed by atoms with Crippen molar-refractivity contribution < 1.29 is 9.53 Å². The normalized spacial score (nSPS) is 15.4. The molecule has 0 aliphatic carbocycles. The third-order valence-electron chi connectivity index (χ3n) is 4.80. The number of nitrogens with zero attached hydrogens (tertiary/aromatic N) is 3. The van der Waals surface area contributed by atoms with Crippen molar-refractivity contribution in [2.24, 2.45) is 5.10 Å². The highest BCUT2D eigenvalue weighted by atomic mass is 16.5. The van der Waals surface area contributed by atoms with Crippen LogP contribution in [0.4, 0.5) is 0 Å². The van der Waals surface area contributed by atoms with Crippen molar-refractivity contribution in [1.82, 2.24) is 14.9 Å². The zero-order valence-corrected chi connectivity index (χ0v) is 16.6. The van der Waals surface area contributed by atoms with Crippen LogP contribution in [0.2, 0.25) is 0 Å². The molecule has 0 radical (unpaired) electrons. The quantitative estimate of drug-likeness (QED) is 0.652. The molecular weight excluding hydrogens is 340 g/mol. The molecule has 0 bridgehead atoms. The number of aryl methyl sites for hydroxylation is 3. The van der Waals surface area contributed by atoms with E-state index in [0.29, 0.717) is 19.8 Å². The van der Waals surface area contributed by atoms with Crippen LogP contribution in [-0.2, 0) is 9.53 Å². The lowest BCUT2D eigenvalue weighted by Gasteiger charge is -2.25. The molecule has 1 amide bonds. The molecule has 6 nitrogen and oxygen atoms in total. The molecule has 2 heterocycles. The zero-order valence-electron chi connectivity index (χ0n) is 16.6. The molecule has 1 saturated heterocycles. The summed E-state index contributed by atoms with van der Waals surface area (Å²) in [6.07, 6.45) is 1.72. The highest BCUT2D eigenvalue weighted by Crippen LogP contribution is 2.21. The van der Waals surface area contributed by atoms with Crippen LogP contribution in [-0.4, -0.2) is 54.4 Å². The zero-order chi connectivity index (χ0) is 19.4. The van der Waals surface area contributed by atoms with Crippen LogP contribution in [0.3, 0.4) is 0 Å². The summed E-state index contributed by atoms with van der Waals surface area (Å²) >= 11 is 0.